The highest BCUT2D eigenvalue weighted by atomic mass is 19.4. The summed E-state index contributed by atoms with van der Waals surface area (Å²) in [7, 11) is 0. The second-order valence-corrected chi connectivity index (χ2v) is 5.54. The van der Waals surface area contributed by atoms with Crippen LogP contribution in [0.2, 0.25) is 0 Å². The predicted octanol–water partition coefficient (Wildman–Crippen LogP) is 4.11. The van der Waals surface area contributed by atoms with E-state index in [1.807, 2.05) is 0 Å². The Morgan fingerprint density at radius 3 is 2.17 bits per heavy atom. The average Bonchev–Trinajstić information content (AvgIpc) is 2.84. The molecular weight excluding hydrogens is 326 g/mol. The summed E-state index contributed by atoms with van der Waals surface area (Å²) in [6.07, 6.45) is -9.96. The Bertz CT molecular complexity index is 633. The molecule has 3 nitrogen and oxygen atoms in total. The van der Waals surface area contributed by atoms with Gasteiger partial charge in [-0.1, -0.05) is 13.8 Å². The van der Waals surface area contributed by atoms with E-state index in [0.717, 1.165) is 0 Å². The van der Waals surface area contributed by atoms with Gasteiger partial charge < -0.3 is 10.5 Å². The first-order chi connectivity index (χ1) is 10.4. The molecule has 0 unspecified atom stereocenters. The quantitative estimate of drug-likeness (QED) is 0.651. The highest BCUT2D eigenvalue weighted by molar-refractivity contribution is 6.01. The van der Waals surface area contributed by atoms with Gasteiger partial charge in [0, 0.05) is 5.69 Å². The van der Waals surface area contributed by atoms with Gasteiger partial charge in [-0.3, -0.25) is 0 Å². The molecule has 2 rings (SSSR count). The fourth-order valence-corrected chi connectivity index (χ4v) is 2.16. The summed E-state index contributed by atoms with van der Waals surface area (Å²) in [5, 5.41) is 0. The number of hydrogen-bond donors (Lipinski definition) is 1. The third-order valence-electron chi connectivity index (χ3n) is 3.46. The van der Waals surface area contributed by atoms with Gasteiger partial charge in [0.1, 0.15) is 6.61 Å². The fraction of sp³-hybridized carbons (Fsp3) is 0.500. The van der Waals surface area contributed by atoms with Crippen LogP contribution in [0.5, 0.6) is 0 Å². The summed E-state index contributed by atoms with van der Waals surface area (Å²) in [6, 6.07) is 0.118. The van der Waals surface area contributed by atoms with Crippen LogP contribution in [-0.4, -0.2) is 18.5 Å². The summed E-state index contributed by atoms with van der Waals surface area (Å²) in [6.45, 7) is 3.67. The number of hydrogen-bond acceptors (Lipinski definition) is 3. The zero-order chi connectivity index (χ0) is 17.6. The minimum atomic E-state index is -5.02. The molecule has 0 aliphatic carbocycles. The Kier molecular flexibility index (Phi) is 4.25. The van der Waals surface area contributed by atoms with Gasteiger partial charge in [0.2, 0.25) is 5.90 Å². The lowest BCUT2D eigenvalue weighted by atomic mass is 10.0. The molecular formula is C14H14F6N2O. The van der Waals surface area contributed by atoms with Crippen LogP contribution in [0.3, 0.4) is 0 Å². The SMILES string of the molecule is CC(C)[C@H]1COC(c2c(N)cc(C(F)(F)F)cc2C(F)(F)F)=N1. The van der Waals surface area contributed by atoms with Crippen molar-refractivity contribution in [1.82, 2.24) is 0 Å². The number of anilines is 1. The smallest absolute Gasteiger partial charge is 0.417 e. The van der Waals surface area contributed by atoms with Crippen LogP contribution in [-0.2, 0) is 17.1 Å². The molecule has 1 aromatic carbocycles. The molecule has 1 aliphatic rings. The minimum Gasteiger partial charge on any atom is -0.475 e. The monoisotopic (exact) mass is 340 g/mol. The molecule has 2 N–H and O–H groups in total. The molecule has 0 amide bonds. The lowest BCUT2D eigenvalue weighted by Gasteiger charge is -2.17. The number of aliphatic imine (C=N–C) groups is 1. The number of nitrogens with zero attached hydrogens (tertiary/aromatic N) is 1. The third-order valence-corrected chi connectivity index (χ3v) is 3.46. The maximum absolute atomic E-state index is 13.2. The largest absolute Gasteiger partial charge is 0.475 e. The Morgan fingerprint density at radius 2 is 1.74 bits per heavy atom. The lowest BCUT2D eigenvalue weighted by Crippen LogP contribution is -2.19. The van der Waals surface area contributed by atoms with Crippen molar-refractivity contribution in [2.75, 3.05) is 12.3 Å². The van der Waals surface area contributed by atoms with Crippen molar-refractivity contribution in [3.05, 3.63) is 28.8 Å². The van der Waals surface area contributed by atoms with Crippen LogP contribution in [0, 0.1) is 5.92 Å². The Labute approximate surface area is 128 Å². The first-order valence-corrected chi connectivity index (χ1v) is 6.70. The van der Waals surface area contributed by atoms with E-state index < -0.39 is 34.7 Å². The van der Waals surface area contributed by atoms with Crippen molar-refractivity contribution in [3.8, 4) is 0 Å². The Morgan fingerprint density at radius 1 is 1.13 bits per heavy atom. The van der Waals surface area contributed by atoms with Gasteiger partial charge in [-0.15, -0.1) is 0 Å². The topological polar surface area (TPSA) is 47.6 Å². The molecule has 0 fully saturated rings. The third kappa shape index (κ3) is 3.53. The normalized spacial score (nSPS) is 19.0. The molecule has 1 aliphatic heterocycles. The number of rotatable bonds is 2. The van der Waals surface area contributed by atoms with Crippen molar-refractivity contribution in [3.63, 3.8) is 0 Å². The van der Waals surface area contributed by atoms with E-state index in [2.05, 4.69) is 4.99 Å². The van der Waals surface area contributed by atoms with E-state index in [1.165, 1.54) is 0 Å². The number of halogens is 6. The first-order valence-electron chi connectivity index (χ1n) is 6.70. The summed E-state index contributed by atoms with van der Waals surface area (Å²) < 4.78 is 82.8. The molecule has 1 aromatic rings. The molecule has 0 bridgehead atoms. The number of nitrogen functional groups attached to an aromatic ring is 1. The van der Waals surface area contributed by atoms with E-state index in [4.69, 9.17) is 10.5 Å². The number of ether oxygens (including phenoxy) is 1. The van der Waals surface area contributed by atoms with Crippen LogP contribution in [0.15, 0.2) is 17.1 Å². The number of nitrogens with two attached hydrogens (primary N) is 1. The molecule has 9 heteroatoms. The maximum Gasteiger partial charge on any atom is 0.417 e. The second-order valence-electron chi connectivity index (χ2n) is 5.54. The van der Waals surface area contributed by atoms with E-state index in [-0.39, 0.29) is 30.5 Å². The molecule has 0 spiro atoms. The summed E-state index contributed by atoms with van der Waals surface area (Å²) >= 11 is 0. The average molecular weight is 340 g/mol. The molecule has 1 heterocycles. The van der Waals surface area contributed by atoms with Crippen molar-refractivity contribution in [1.29, 1.82) is 0 Å². The van der Waals surface area contributed by atoms with Crippen LogP contribution >= 0.6 is 0 Å². The zero-order valence-electron chi connectivity index (χ0n) is 12.2. The molecule has 23 heavy (non-hydrogen) atoms. The molecule has 128 valence electrons. The molecule has 0 radical (unpaired) electrons. The summed E-state index contributed by atoms with van der Waals surface area (Å²) in [4.78, 5) is 4.02. The summed E-state index contributed by atoms with van der Waals surface area (Å²) in [5.41, 5.74) is 1.17. The molecule has 1 atom stereocenters. The van der Waals surface area contributed by atoms with Crippen LogP contribution in [0.4, 0.5) is 32.0 Å². The minimum absolute atomic E-state index is 0.0116. The number of alkyl halides is 6. The first kappa shape index (κ1) is 17.4. The predicted molar refractivity (Wildman–Crippen MR) is 72.0 cm³/mol. The van der Waals surface area contributed by atoms with Crippen LogP contribution in [0.25, 0.3) is 0 Å². The summed E-state index contributed by atoms with van der Waals surface area (Å²) in [5.74, 6) is -0.361. The van der Waals surface area contributed by atoms with Crippen molar-refractivity contribution in [2.45, 2.75) is 32.2 Å². The van der Waals surface area contributed by atoms with Gasteiger partial charge >= 0.3 is 12.4 Å². The number of benzene rings is 1. The zero-order valence-corrected chi connectivity index (χ0v) is 12.2. The van der Waals surface area contributed by atoms with E-state index >= 15 is 0 Å². The van der Waals surface area contributed by atoms with Crippen molar-refractivity contribution >= 4 is 11.6 Å². The Hall–Kier alpha value is -1.93. The van der Waals surface area contributed by atoms with E-state index in [9.17, 15) is 26.3 Å². The van der Waals surface area contributed by atoms with Crippen molar-refractivity contribution < 1.29 is 31.1 Å². The van der Waals surface area contributed by atoms with E-state index in [0.29, 0.717) is 6.07 Å². The van der Waals surface area contributed by atoms with Gasteiger partial charge in [-0.2, -0.15) is 26.3 Å². The molecule has 0 saturated carbocycles. The molecule has 0 aromatic heterocycles. The van der Waals surface area contributed by atoms with Gasteiger partial charge in [0.05, 0.1) is 22.7 Å². The van der Waals surface area contributed by atoms with Crippen LogP contribution < -0.4 is 5.73 Å². The fourth-order valence-electron chi connectivity index (χ4n) is 2.16. The van der Waals surface area contributed by atoms with Crippen LogP contribution in [0.1, 0.15) is 30.5 Å². The van der Waals surface area contributed by atoms with Gasteiger partial charge in [-0.05, 0) is 18.1 Å². The lowest BCUT2D eigenvalue weighted by molar-refractivity contribution is -0.143. The second kappa shape index (κ2) is 5.61. The highest BCUT2D eigenvalue weighted by Crippen LogP contribution is 2.40. The molecule has 0 saturated heterocycles. The maximum atomic E-state index is 13.2. The van der Waals surface area contributed by atoms with Gasteiger partial charge in [0.15, 0.2) is 0 Å². The standard InChI is InChI=1S/C14H14F6N2O/c1-6(2)10-5-23-12(22-10)11-8(14(18,19)20)3-7(4-9(11)21)13(15,16)17/h3-4,6,10H,5,21H2,1-2H3/t10-/m1/s1. The van der Waals surface area contributed by atoms with E-state index in [1.54, 1.807) is 13.8 Å². The Balaban J connectivity index is 2.62. The van der Waals surface area contributed by atoms with Gasteiger partial charge in [-0.25, -0.2) is 4.99 Å². The van der Waals surface area contributed by atoms with Crippen molar-refractivity contribution in [2.24, 2.45) is 10.9 Å². The van der Waals surface area contributed by atoms with Gasteiger partial charge in [0.25, 0.3) is 0 Å². The highest BCUT2D eigenvalue weighted by Gasteiger charge is 2.41.